The summed E-state index contributed by atoms with van der Waals surface area (Å²) in [5, 5.41) is 10.9. The molecule has 0 spiro atoms. The standard InChI is InChI=1S/C24H18N4O4/c29-22(16-31-24(30)15-14-23-26-20-8-4-5-9-21(20)32-23)25-17-10-12-19(13-11-17)28-27-18-6-2-1-3-7-18/h1-15H,16H2,(H,25,29)/b15-14+,28-27?. The molecule has 1 heterocycles. The van der Waals surface area contributed by atoms with Gasteiger partial charge in [0.1, 0.15) is 5.52 Å². The first kappa shape index (κ1) is 20.7. The van der Waals surface area contributed by atoms with Crippen LogP contribution in [0.3, 0.4) is 0 Å². The van der Waals surface area contributed by atoms with E-state index in [0.29, 0.717) is 22.5 Å². The van der Waals surface area contributed by atoms with Crippen LogP contribution in [0.2, 0.25) is 0 Å². The second-order valence-corrected chi connectivity index (χ2v) is 6.59. The van der Waals surface area contributed by atoms with E-state index in [1.54, 1.807) is 36.4 Å². The van der Waals surface area contributed by atoms with Crippen molar-refractivity contribution in [2.24, 2.45) is 10.2 Å². The molecule has 3 aromatic carbocycles. The maximum absolute atomic E-state index is 12.0. The summed E-state index contributed by atoms with van der Waals surface area (Å²) < 4.78 is 10.4. The van der Waals surface area contributed by atoms with Gasteiger partial charge >= 0.3 is 5.97 Å². The molecule has 0 bridgehead atoms. The molecular weight excluding hydrogens is 408 g/mol. The van der Waals surface area contributed by atoms with Crippen LogP contribution in [0.1, 0.15) is 5.89 Å². The Morgan fingerprint density at radius 1 is 0.906 bits per heavy atom. The molecule has 0 unspecified atom stereocenters. The Bertz CT molecular complexity index is 1250. The summed E-state index contributed by atoms with van der Waals surface area (Å²) >= 11 is 0. The molecule has 158 valence electrons. The highest BCUT2D eigenvalue weighted by Gasteiger charge is 2.07. The van der Waals surface area contributed by atoms with Crippen LogP contribution in [0.25, 0.3) is 17.2 Å². The summed E-state index contributed by atoms with van der Waals surface area (Å²) in [6, 6.07) is 23.4. The van der Waals surface area contributed by atoms with E-state index in [0.717, 1.165) is 11.8 Å². The molecular formula is C24H18N4O4. The maximum Gasteiger partial charge on any atom is 0.331 e. The van der Waals surface area contributed by atoms with Crippen molar-refractivity contribution in [3.63, 3.8) is 0 Å². The number of oxazole rings is 1. The fourth-order valence-corrected chi connectivity index (χ4v) is 2.70. The van der Waals surface area contributed by atoms with E-state index < -0.39 is 18.5 Å². The van der Waals surface area contributed by atoms with Crippen LogP contribution < -0.4 is 5.32 Å². The Hall–Kier alpha value is -4.59. The SMILES string of the molecule is O=C(COC(=O)/C=C/c1nc2ccccc2o1)Nc1ccc(N=Nc2ccccc2)cc1. The lowest BCUT2D eigenvalue weighted by Gasteiger charge is -2.05. The molecule has 0 radical (unpaired) electrons. The van der Waals surface area contributed by atoms with Crippen molar-refractivity contribution in [2.75, 3.05) is 11.9 Å². The number of azo groups is 1. The molecule has 0 fully saturated rings. The quantitative estimate of drug-likeness (QED) is 0.241. The number of aromatic nitrogens is 1. The summed E-state index contributed by atoms with van der Waals surface area (Å²) in [7, 11) is 0. The number of fused-ring (bicyclic) bond motifs is 1. The van der Waals surface area contributed by atoms with Gasteiger partial charge in [-0.1, -0.05) is 30.3 Å². The first-order chi connectivity index (χ1) is 15.7. The highest BCUT2D eigenvalue weighted by molar-refractivity contribution is 5.94. The number of carbonyl (C=O) groups is 2. The van der Waals surface area contributed by atoms with Crippen LogP contribution in [0.4, 0.5) is 17.1 Å². The summed E-state index contributed by atoms with van der Waals surface area (Å²) in [5.74, 6) is -0.872. The summed E-state index contributed by atoms with van der Waals surface area (Å²) in [6.07, 6.45) is 2.55. The van der Waals surface area contributed by atoms with Crippen molar-refractivity contribution in [1.29, 1.82) is 0 Å². The number of para-hydroxylation sites is 2. The van der Waals surface area contributed by atoms with Gasteiger partial charge in [0.05, 0.1) is 11.4 Å². The third-order valence-corrected chi connectivity index (χ3v) is 4.21. The minimum absolute atomic E-state index is 0.275. The molecule has 0 aliphatic carbocycles. The van der Waals surface area contributed by atoms with E-state index in [-0.39, 0.29) is 5.89 Å². The Morgan fingerprint density at radius 2 is 1.59 bits per heavy atom. The Balaban J connectivity index is 1.24. The van der Waals surface area contributed by atoms with E-state index in [1.807, 2.05) is 42.5 Å². The molecule has 32 heavy (non-hydrogen) atoms. The van der Waals surface area contributed by atoms with Gasteiger partial charge in [0.15, 0.2) is 12.2 Å². The van der Waals surface area contributed by atoms with Crippen molar-refractivity contribution >= 4 is 46.1 Å². The van der Waals surface area contributed by atoms with Crippen LogP contribution in [0, 0.1) is 0 Å². The molecule has 0 saturated carbocycles. The summed E-state index contributed by atoms with van der Waals surface area (Å²) in [6.45, 7) is -0.424. The van der Waals surface area contributed by atoms with Crippen molar-refractivity contribution in [3.8, 4) is 0 Å². The van der Waals surface area contributed by atoms with E-state index in [1.165, 1.54) is 6.08 Å². The number of amides is 1. The van der Waals surface area contributed by atoms with Gasteiger partial charge in [0.25, 0.3) is 5.91 Å². The third kappa shape index (κ3) is 5.73. The number of hydrogen-bond acceptors (Lipinski definition) is 7. The first-order valence-electron chi connectivity index (χ1n) is 9.73. The summed E-state index contributed by atoms with van der Waals surface area (Å²) in [4.78, 5) is 28.1. The average molecular weight is 426 g/mol. The van der Waals surface area contributed by atoms with Crippen LogP contribution in [-0.2, 0) is 14.3 Å². The molecule has 1 amide bonds. The highest BCUT2D eigenvalue weighted by atomic mass is 16.5. The van der Waals surface area contributed by atoms with Crippen molar-refractivity contribution in [1.82, 2.24) is 4.98 Å². The lowest BCUT2D eigenvalue weighted by molar-refractivity contribution is -0.142. The zero-order valence-corrected chi connectivity index (χ0v) is 16.8. The number of hydrogen-bond donors (Lipinski definition) is 1. The van der Waals surface area contributed by atoms with E-state index in [2.05, 4.69) is 20.5 Å². The second kappa shape index (κ2) is 9.94. The van der Waals surface area contributed by atoms with Crippen LogP contribution in [0.5, 0.6) is 0 Å². The van der Waals surface area contributed by atoms with Gasteiger partial charge in [-0.3, -0.25) is 4.79 Å². The van der Waals surface area contributed by atoms with Crippen LogP contribution >= 0.6 is 0 Å². The minimum Gasteiger partial charge on any atom is -0.452 e. The predicted octanol–water partition coefficient (Wildman–Crippen LogP) is 5.44. The Morgan fingerprint density at radius 3 is 2.34 bits per heavy atom. The van der Waals surface area contributed by atoms with E-state index in [4.69, 9.17) is 9.15 Å². The van der Waals surface area contributed by atoms with Gasteiger partial charge in [-0.2, -0.15) is 10.2 Å². The van der Waals surface area contributed by atoms with Crippen molar-refractivity contribution in [2.45, 2.75) is 0 Å². The van der Waals surface area contributed by atoms with Gasteiger partial charge < -0.3 is 14.5 Å². The number of nitrogens with zero attached hydrogens (tertiary/aromatic N) is 3. The number of esters is 1. The number of benzene rings is 3. The highest BCUT2D eigenvalue weighted by Crippen LogP contribution is 2.20. The lowest BCUT2D eigenvalue weighted by Crippen LogP contribution is -2.20. The van der Waals surface area contributed by atoms with E-state index in [9.17, 15) is 9.59 Å². The molecule has 4 aromatic rings. The number of anilines is 1. The molecule has 1 aromatic heterocycles. The monoisotopic (exact) mass is 426 g/mol. The minimum atomic E-state index is -0.681. The topological polar surface area (TPSA) is 106 Å². The fraction of sp³-hybridized carbons (Fsp3) is 0.0417. The number of nitrogens with one attached hydrogen (secondary N) is 1. The predicted molar refractivity (Wildman–Crippen MR) is 120 cm³/mol. The van der Waals surface area contributed by atoms with Gasteiger partial charge in [-0.05, 0) is 48.5 Å². The molecule has 8 nitrogen and oxygen atoms in total. The molecule has 4 rings (SSSR count). The summed E-state index contributed by atoms with van der Waals surface area (Å²) in [5.41, 5.74) is 3.24. The fourth-order valence-electron chi connectivity index (χ4n) is 2.70. The third-order valence-electron chi connectivity index (χ3n) is 4.21. The van der Waals surface area contributed by atoms with Crippen molar-refractivity contribution in [3.05, 3.63) is 90.8 Å². The molecule has 0 atom stereocenters. The first-order valence-corrected chi connectivity index (χ1v) is 9.73. The largest absolute Gasteiger partial charge is 0.452 e. The smallest absolute Gasteiger partial charge is 0.331 e. The number of rotatable bonds is 7. The number of ether oxygens (including phenoxy) is 1. The van der Waals surface area contributed by atoms with Crippen LogP contribution in [-0.4, -0.2) is 23.5 Å². The van der Waals surface area contributed by atoms with Gasteiger partial charge in [-0.15, -0.1) is 0 Å². The number of carbonyl (C=O) groups excluding carboxylic acids is 2. The second-order valence-electron chi connectivity index (χ2n) is 6.59. The molecule has 0 aliphatic rings. The zero-order chi connectivity index (χ0) is 22.2. The lowest BCUT2D eigenvalue weighted by atomic mass is 10.3. The normalized spacial score (nSPS) is 11.2. The zero-order valence-electron chi connectivity index (χ0n) is 16.8. The molecule has 1 N–H and O–H groups in total. The molecule has 0 aliphatic heterocycles. The van der Waals surface area contributed by atoms with E-state index >= 15 is 0 Å². The van der Waals surface area contributed by atoms with Gasteiger partial charge in [-0.25, -0.2) is 9.78 Å². The molecule has 0 saturated heterocycles. The average Bonchev–Trinajstić information content (AvgIpc) is 3.25. The van der Waals surface area contributed by atoms with Crippen LogP contribution in [0.15, 0.2) is 99.6 Å². The van der Waals surface area contributed by atoms with Gasteiger partial charge in [0, 0.05) is 17.8 Å². The Kier molecular flexibility index (Phi) is 6.42. The maximum atomic E-state index is 12.0. The Labute approximate surface area is 183 Å². The molecule has 8 heteroatoms. The van der Waals surface area contributed by atoms with Crippen molar-refractivity contribution < 1.29 is 18.7 Å². The van der Waals surface area contributed by atoms with Gasteiger partial charge in [0.2, 0.25) is 5.89 Å².